The van der Waals surface area contributed by atoms with E-state index in [2.05, 4.69) is 4.74 Å². The van der Waals surface area contributed by atoms with Crippen LogP contribution in [0.1, 0.15) is 20.3 Å². The zero-order valence-corrected chi connectivity index (χ0v) is 12.9. The van der Waals surface area contributed by atoms with Crippen molar-refractivity contribution in [2.75, 3.05) is 6.61 Å². The summed E-state index contributed by atoms with van der Waals surface area (Å²) in [5.74, 6) is -2.04. The Bertz CT molecular complexity index is 575. The van der Waals surface area contributed by atoms with Gasteiger partial charge in [0, 0.05) is 12.2 Å². The maximum Gasteiger partial charge on any atom is 0.352 e. The number of hydrogen-bond donors (Lipinski definition) is 1. The van der Waals surface area contributed by atoms with Crippen molar-refractivity contribution in [3.63, 3.8) is 0 Å². The smallest absolute Gasteiger partial charge is 0.352 e. The Morgan fingerprint density at radius 1 is 1.09 bits per heavy atom. The van der Waals surface area contributed by atoms with Gasteiger partial charge in [-0.1, -0.05) is 6.92 Å². The molecule has 1 N–H and O–H groups in total. The third kappa shape index (κ3) is 6.64. The molecule has 1 aromatic carbocycles. The summed E-state index contributed by atoms with van der Waals surface area (Å²) < 4.78 is 14.6. The zero-order chi connectivity index (χ0) is 17.2. The van der Waals surface area contributed by atoms with Gasteiger partial charge in [0.05, 0.1) is 6.61 Å². The monoisotopic (exact) mass is 322 g/mol. The van der Waals surface area contributed by atoms with E-state index in [1.165, 1.54) is 24.3 Å². The second kappa shape index (κ2) is 9.24. The van der Waals surface area contributed by atoms with E-state index < -0.39 is 24.0 Å². The summed E-state index contributed by atoms with van der Waals surface area (Å²) in [6.07, 6.45) is 0.900. The largest absolute Gasteiger partial charge is 0.508 e. The van der Waals surface area contributed by atoms with Crippen molar-refractivity contribution in [2.45, 2.75) is 26.4 Å². The van der Waals surface area contributed by atoms with Gasteiger partial charge in [-0.05, 0) is 37.6 Å². The molecule has 0 saturated heterocycles. The van der Waals surface area contributed by atoms with Crippen molar-refractivity contribution in [3.05, 3.63) is 36.4 Å². The molecule has 0 aliphatic rings. The first-order valence-corrected chi connectivity index (χ1v) is 7.02. The average Bonchev–Trinajstić information content (AvgIpc) is 2.53. The molecule has 0 amide bonds. The number of esters is 3. The van der Waals surface area contributed by atoms with Gasteiger partial charge >= 0.3 is 17.9 Å². The predicted octanol–water partition coefficient (Wildman–Crippen LogP) is 1.74. The Morgan fingerprint density at radius 2 is 1.70 bits per heavy atom. The van der Waals surface area contributed by atoms with Gasteiger partial charge in [-0.3, -0.25) is 0 Å². The molecule has 0 aliphatic carbocycles. The summed E-state index contributed by atoms with van der Waals surface area (Å²) in [4.78, 5) is 34.6. The zero-order valence-electron chi connectivity index (χ0n) is 12.9. The summed E-state index contributed by atoms with van der Waals surface area (Å²) in [7, 11) is 0. The van der Waals surface area contributed by atoms with Crippen LogP contribution < -0.4 is 4.74 Å². The highest BCUT2D eigenvalue weighted by atomic mass is 16.6. The number of aromatic hydroxyl groups is 1. The lowest BCUT2D eigenvalue weighted by Crippen LogP contribution is -2.30. The first kappa shape index (κ1) is 18.2. The van der Waals surface area contributed by atoms with Crippen LogP contribution in [0.5, 0.6) is 11.5 Å². The molecule has 7 heteroatoms. The standard InChI is InChI=1S/C16H18O7/c1-3-13(23-15(19)10-9-14(18)21-4-2)16(20)22-12-7-5-11(17)6-8-12/h5-10,13,17H,3-4H2,1-2H3. The second-order valence-electron chi connectivity index (χ2n) is 4.33. The quantitative estimate of drug-likeness (QED) is 0.463. The van der Waals surface area contributed by atoms with E-state index in [9.17, 15) is 14.4 Å². The van der Waals surface area contributed by atoms with E-state index in [0.717, 1.165) is 12.2 Å². The number of rotatable bonds is 7. The highest BCUT2D eigenvalue weighted by Crippen LogP contribution is 2.17. The average molecular weight is 322 g/mol. The summed E-state index contributed by atoms with van der Waals surface area (Å²) in [5.41, 5.74) is 0. The second-order valence-corrected chi connectivity index (χ2v) is 4.33. The van der Waals surface area contributed by atoms with Crippen molar-refractivity contribution in [2.24, 2.45) is 0 Å². The van der Waals surface area contributed by atoms with Crippen molar-refractivity contribution >= 4 is 17.9 Å². The van der Waals surface area contributed by atoms with Crippen LogP contribution in [0.25, 0.3) is 0 Å². The van der Waals surface area contributed by atoms with E-state index >= 15 is 0 Å². The number of carbonyl (C=O) groups is 3. The van der Waals surface area contributed by atoms with Crippen LogP contribution in [0, 0.1) is 0 Å². The van der Waals surface area contributed by atoms with Crippen molar-refractivity contribution in [3.8, 4) is 11.5 Å². The highest BCUT2D eigenvalue weighted by Gasteiger charge is 2.22. The van der Waals surface area contributed by atoms with Gasteiger partial charge in [0.1, 0.15) is 11.5 Å². The lowest BCUT2D eigenvalue weighted by Gasteiger charge is -2.14. The molecular formula is C16H18O7. The topological polar surface area (TPSA) is 99.1 Å². The molecule has 1 atom stereocenters. The minimum Gasteiger partial charge on any atom is -0.508 e. The van der Waals surface area contributed by atoms with Crippen molar-refractivity contribution in [1.82, 2.24) is 0 Å². The number of phenols is 1. The molecule has 1 unspecified atom stereocenters. The minimum absolute atomic E-state index is 0.0346. The van der Waals surface area contributed by atoms with E-state index in [4.69, 9.17) is 14.6 Å². The SMILES string of the molecule is CCOC(=O)C=CC(=O)OC(CC)C(=O)Oc1ccc(O)cc1. The Kier molecular flexibility index (Phi) is 7.32. The summed E-state index contributed by atoms with van der Waals surface area (Å²) in [5, 5.41) is 9.15. The van der Waals surface area contributed by atoms with E-state index in [0.29, 0.717) is 0 Å². The van der Waals surface area contributed by atoms with Crippen LogP contribution in [0.15, 0.2) is 36.4 Å². The van der Waals surface area contributed by atoms with Crippen LogP contribution >= 0.6 is 0 Å². The number of ether oxygens (including phenoxy) is 3. The fourth-order valence-corrected chi connectivity index (χ4v) is 1.50. The third-order valence-electron chi connectivity index (χ3n) is 2.59. The van der Waals surface area contributed by atoms with Gasteiger partial charge in [-0.2, -0.15) is 0 Å². The fourth-order valence-electron chi connectivity index (χ4n) is 1.50. The van der Waals surface area contributed by atoms with Crippen LogP contribution in [0.4, 0.5) is 0 Å². The van der Waals surface area contributed by atoms with Crippen LogP contribution in [0.2, 0.25) is 0 Å². The fraction of sp³-hybridized carbons (Fsp3) is 0.312. The van der Waals surface area contributed by atoms with E-state index in [1.54, 1.807) is 13.8 Å². The lowest BCUT2D eigenvalue weighted by atomic mass is 10.2. The lowest BCUT2D eigenvalue weighted by molar-refractivity contribution is -0.159. The Morgan fingerprint density at radius 3 is 2.26 bits per heavy atom. The number of phenolic OH excluding ortho intramolecular Hbond substituents is 1. The molecule has 124 valence electrons. The Labute approximate surface area is 133 Å². The van der Waals surface area contributed by atoms with Gasteiger partial charge in [-0.15, -0.1) is 0 Å². The maximum absolute atomic E-state index is 11.9. The molecule has 0 aliphatic heterocycles. The molecule has 0 aromatic heterocycles. The molecular weight excluding hydrogens is 304 g/mol. The Hall–Kier alpha value is -2.83. The molecule has 0 fully saturated rings. The summed E-state index contributed by atoms with van der Waals surface area (Å²) >= 11 is 0. The van der Waals surface area contributed by atoms with Gasteiger partial charge in [0.25, 0.3) is 0 Å². The maximum atomic E-state index is 11.9. The van der Waals surface area contributed by atoms with Crippen LogP contribution in [-0.2, 0) is 23.9 Å². The van der Waals surface area contributed by atoms with Crippen LogP contribution in [-0.4, -0.2) is 35.7 Å². The van der Waals surface area contributed by atoms with Crippen molar-refractivity contribution < 1.29 is 33.7 Å². The van der Waals surface area contributed by atoms with Gasteiger partial charge in [0.15, 0.2) is 6.10 Å². The molecule has 0 saturated carbocycles. The van der Waals surface area contributed by atoms with E-state index in [1.807, 2.05) is 0 Å². The highest BCUT2D eigenvalue weighted by molar-refractivity contribution is 5.92. The minimum atomic E-state index is -1.11. The first-order valence-electron chi connectivity index (χ1n) is 7.02. The molecule has 1 aromatic rings. The summed E-state index contributed by atoms with van der Waals surface area (Å²) in [6, 6.07) is 5.53. The van der Waals surface area contributed by atoms with Crippen LogP contribution in [0.3, 0.4) is 0 Å². The van der Waals surface area contributed by atoms with Gasteiger partial charge < -0.3 is 19.3 Å². The number of carbonyl (C=O) groups excluding carboxylic acids is 3. The Balaban J connectivity index is 2.58. The molecule has 7 nitrogen and oxygen atoms in total. The molecule has 0 heterocycles. The van der Waals surface area contributed by atoms with E-state index in [-0.39, 0.29) is 24.5 Å². The molecule has 23 heavy (non-hydrogen) atoms. The van der Waals surface area contributed by atoms with Gasteiger partial charge in [0.2, 0.25) is 0 Å². The molecule has 0 bridgehead atoms. The van der Waals surface area contributed by atoms with Gasteiger partial charge in [-0.25, -0.2) is 14.4 Å². The predicted molar refractivity (Wildman–Crippen MR) is 79.7 cm³/mol. The normalized spacial score (nSPS) is 11.7. The first-order chi connectivity index (χ1) is 11.0. The molecule has 0 radical (unpaired) electrons. The number of hydrogen-bond acceptors (Lipinski definition) is 7. The number of benzene rings is 1. The molecule has 1 rings (SSSR count). The van der Waals surface area contributed by atoms with Crippen molar-refractivity contribution in [1.29, 1.82) is 0 Å². The molecule has 0 spiro atoms. The summed E-state index contributed by atoms with van der Waals surface area (Å²) in [6.45, 7) is 3.47. The third-order valence-corrected chi connectivity index (χ3v) is 2.59.